The molecule has 25 heavy (non-hydrogen) atoms. The summed E-state index contributed by atoms with van der Waals surface area (Å²) >= 11 is 0. The molecular weight excluding hydrogens is 312 g/mol. The third-order valence-electron chi connectivity index (χ3n) is 3.96. The standard InChI is InChI=1S/C20H20N4O/c1-13-4-7-16(8-5-13)22-19(25)18-10-11-21-20(24-18)23-17-9-6-14(2)15(3)12-17/h4-12H,1-3H3,(H,22,25)(H,21,23,24). The van der Waals surface area contributed by atoms with Gasteiger partial charge in [0.25, 0.3) is 5.91 Å². The van der Waals surface area contributed by atoms with Gasteiger partial charge in [0.15, 0.2) is 0 Å². The van der Waals surface area contributed by atoms with E-state index in [0.29, 0.717) is 11.6 Å². The summed E-state index contributed by atoms with van der Waals surface area (Å²) in [6.45, 7) is 6.11. The van der Waals surface area contributed by atoms with Crippen molar-refractivity contribution in [1.29, 1.82) is 0 Å². The van der Waals surface area contributed by atoms with Crippen molar-refractivity contribution in [3.63, 3.8) is 0 Å². The van der Waals surface area contributed by atoms with Crippen LogP contribution in [0.15, 0.2) is 54.7 Å². The summed E-state index contributed by atoms with van der Waals surface area (Å²) in [4.78, 5) is 20.9. The van der Waals surface area contributed by atoms with Gasteiger partial charge in [0, 0.05) is 17.6 Å². The number of hydrogen-bond acceptors (Lipinski definition) is 4. The summed E-state index contributed by atoms with van der Waals surface area (Å²) in [5, 5.41) is 5.97. The minimum atomic E-state index is -0.269. The highest BCUT2D eigenvalue weighted by Crippen LogP contribution is 2.17. The molecule has 0 saturated heterocycles. The number of nitrogens with zero attached hydrogens (tertiary/aromatic N) is 2. The van der Waals surface area contributed by atoms with Crippen molar-refractivity contribution in [1.82, 2.24) is 9.97 Å². The molecule has 0 unspecified atom stereocenters. The molecule has 0 radical (unpaired) electrons. The van der Waals surface area contributed by atoms with Gasteiger partial charge < -0.3 is 10.6 Å². The van der Waals surface area contributed by atoms with Gasteiger partial charge in [-0.3, -0.25) is 4.79 Å². The number of nitrogens with one attached hydrogen (secondary N) is 2. The maximum atomic E-state index is 12.4. The van der Waals surface area contributed by atoms with E-state index >= 15 is 0 Å². The fourth-order valence-corrected chi connectivity index (χ4v) is 2.33. The van der Waals surface area contributed by atoms with E-state index in [1.54, 1.807) is 12.3 Å². The highest BCUT2D eigenvalue weighted by Gasteiger charge is 2.09. The Balaban J connectivity index is 1.75. The molecule has 2 aromatic carbocycles. The molecule has 0 bridgehead atoms. The molecular formula is C20H20N4O. The van der Waals surface area contributed by atoms with E-state index in [-0.39, 0.29) is 5.91 Å². The van der Waals surface area contributed by atoms with E-state index in [1.807, 2.05) is 56.3 Å². The zero-order chi connectivity index (χ0) is 17.8. The van der Waals surface area contributed by atoms with Crippen molar-refractivity contribution in [3.05, 3.63) is 77.1 Å². The van der Waals surface area contributed by atoms with Crippen molar-refractivity contribution in [2.45, 2.75) is 20.8 Å². The first-order valence-corrected chi connectivity index (χ1v) is 8.06. The van der Waals surface area contributed by atoms with Crippen LogP contribution in [0.2, 0.25) is 0 Å². The summed E-state index contributed by atoms with van der Waals surface area (Å²) in [5.74, 6) is 0.120. The second kappa shape index (κ2) is 7.13. The summed E-state index contributed by atoms with van der Waals surface area (Å²) in [6, 6.07) is 15.2. The third kappa shape index (κ3) is 4.20. The zero-order valence-corrected chi connectivity index (χ0v) is 14.5. The zero-order valence-electron chi connectivity index (χ0n) is 14.5. The summed E-state index contributed by atoms with van der Waals surface area (Å²) in [6.07, 6.45) is 1.57. The van der Waals surface area contributed by atoms with E-state index in [0.717, 1.165) is 16.9 Å². The lowest BCUT2D eigenvalue weighted by Gasteiger charge is -2.09. The molecule has 0 spiro atoms. The van der Waals surface area contributed by atoms with Crippen LogP contribution in [0.4, 0.5) is 17.3 Å². The Bertz CT molecular complexity index is 904. The first-order valence-electron chi connectivity index (χ1n) is 8.06. The second-order valence-corrected chi connectivity index (χ2v) is 6.01. The van der Waals surface area contributed by atoms with Gasteiger partial charge in [-0.2, -0.15) is 0 Å². The number of aromatic nitrogens is 2. The van der Waals surface area contributed by atoms with E-state index in [1.165, 1.54) is 11.1 Å². The van der Waals surface area contributed by atoms with Crippen LogP contribution in [0.5, 0.6) is 0 Å². The topological polar surface area (TPSA) is 66.9 Å². The fourth-order valence-electron chi connectivity index (χ4n) is 2.33. The van der Waals surface area contributed by atoms with E-state index in [4.69, 9.17) is 0 Å². The second-order valence-electron chi connectivity index (χ2n) is 6.01. The molecule has 0 aliphatic rings. The average Bonchev–Trinajstić information content (AvgIpc) is 2.60. The Hall–Kier alpha value is -3.21. The van der Waals surface area contributed by atoms with Crippen molar-refractivity contribution in [3.8, 4) is 0 Å². The molecule has 1 amide bonds. The molecule has 0 saturated carbocycles. The predicted molar refractivity (Wildman–Crippen MR) is 100 cm³/mol. The number of rotatable bonds is 4. The molecule has 126 valence electrons. The average molecular weight is 332 g/mol. The number of aryl methyl sites for hydroxylation is 3. The summed E-state index contributed by atoms with van der Waals surface area (Å²) in [5.41, 5.74) is 5.47. The molecule has 0 atom stereocenters. The Morgan fingerprint density at radius 2 is 1.60 bits per heavy atom. The molecule has 0 fully saturated rings. The smallest absolute Gasteiger partial charge is 0.274 e. The van der Waals surface area contributed by atoms with Crippen LogP contribution >= 0.6 is 0 Å². The van der Waals surface area contributed by atoms with Crippen LogP contribution in [-0.2, 0) is 0 Å². The molecule has 3 rings (SSSR count). The van der Waals surface area contributed by atoms with Crippen LogP contribution in [0.25, 0.3) is 0 Å². The molecule has 1 heterocycles. The first kappa shape index (κ1) is 16.6. The molecule has 5 nitrogen and oxygen atoms in total. The van der Waals surface area contributed by atoms with Gasteiger partial charge in [-0.1, -0.05) is 23.8 Å². The Kier molecular flexibility index (Phi) is 4.75. The molecule has 0 aliphatic carbocycles. The van der Waals surface area contributed by atoms with Gasteiger partial charge in [-0.25, -0.2) is 9.97 Å². The third-order valence-corrected chi connectivity index (χ3v) is 3.96. The van der Waals surface area contributed by atoms with Crippen LogP contribution in [0.1, 0.15) is 27.2 Å². The Labute approximate surface area is 147 Å². The van der Waals surface area contributed by atoms with Crippen molar-refractivity contribution < 1.29 is 4.79 Å². The van der Waals surface area contributed by atoms with Crippen molar-refractivity contribution in [2.75, 3.05) is 10.6 Å². The number of hydrogen-bond donors (Lipinski definition) is 2. The first-order chi connectivity index (χ1) is 12.0. The van der Waals surface area contributed by atoms with Gasteiger partial charge in [0.05, 0.1) is 0 Å². The highest BCUT2D eigenvalue weighted by molar-refractivity contribution is 6.03. The van der Waals surface area contributed by atoms with Crippen LogP contribution in [0.3, 0.4) is 0 Å². The van der Waals surface area contributed by atoms with Crippen LogP contribution in [-0.4, -0.2) is 15.9 Å². The number of benzene rings is 2. The minimum Gasteiger partial charge on any atom is -0.324 e. The Morgan fingerprint density at radius 1 is 0.880 bits per heavy atom. The molecule has 0 aliphatic heterocycles. The van der Waals surface area contributed by atoms with Gasteiger partial charge in [-0.15, -0.1) is 0 Å². The van der Waals surface area contributed by atoms with Gasteiger partial charge in [0.1, 0.15) is 5.69 Å². The Morgan fingerprint density at radius 3 is 2.32 bits per heavy atom. The predicted octanol–water partition coefficient (Wildman–Crippen LogP) is 4.40. The van der Waals surface area contributed by atoms with E-state index < -0.39 is 0 Å². The number of carbonyl (C=O) groups is 1. The van der Waals surface area contributed by atoms with Gasteiger partial charge in [-0.05, 0) is 62.2 Å². The summed E-state index contributed by atoms with van der Waals surface area (Å²) < 4.78 is 0. The van der Waals surface area contributed by atoms with E-state index in [9.17, 15) is 4.79 Å². The van der Waals surface area contributed by atoms with Crippen LogP contribution in [0, 0.1) is 20.8 Å². The number of amides is 1. The molecule has 3 aromatic rings. The molecule has 5 heteroatoms. The van der Waals surface area contributed by atoms with Crippen LogP contribution < -0.4 is 10.6 Å². The SMILES string of the molecule is Cc1ccc(NC(=O)c2ccnc(Nc3ccc(C)c(C)c3)n2)cc1. The van der Waals surface area contributed by atoms with Gasteiger partial charge in [0.2, 0.25) is 5.95 Å². The van der Waals surface area contributed by atoms with Crippen molar-refractivity contribution in [2.24, 2.45) is 0 Å². The van der Waals surface area contributed by atoms with E-state index in [2.05, 4.69) is 27.5 Å². The monoisotopic (exact) mass is 332 g/mol. The number of anilines is 3. The summed E-state index contributed by atoms with van der Waals surface area (Å²) in [7, 11) is 0. The normalized spacial score (nSPS) is 10.4. The fraction of sp³-hybridized carbons (Fsp3) is 0.150. The maximum Gasteiger partial charge on any atom is 0.274 e. The van der Waals surface area contributed by atoms with Gasteiger partial charge >= 0.3 is 0 Å². The lowest BCUT2D eigenvalue weighted by molar-refractivity contribution is 0.102. The lowest BCUT2D eigenvalue weighted by Crippen LogP contribution is -2.14. The highest BCUT2D eigenvalue weighted by atomic mass is 16.1. The lowest BCUT2D eigenvalue weighted by atomic mass is 10.1. The molecule has 2 N–H and O–H groups in total. The number of carbonyl (C=O) groups excluding carboxylic acids is 1. The minimum absolute atomic E-state index is 0.269. The largest absolute Gasteiger partial charge is 0.324 e. The maximum absolute atomic E-state index is 12.4. The molecule has 1 aromatic heterocycles. The quantitative estimate of drug-likeness (QED) is 0.743. The van der Waals surface area contributed by atoms with Crippen molar-refractivity contribution >= 4 is 23.2 Å².